The van der Waals surface area contributed by atoms with E-state index in [4.69, 9.17) is 16.3 Å². The van der Waals surface area contributed by atoms with Gasteiger partial charge in [0.25, 0.3) is 5.91 Å². The van der Waals surface area contributed by atoms with Crippen LogP contribution in [0.25, 0.3) is 0 Å². The van der Waals surface area contributed by atoms with E-state index in [0.717, 1.165) is 18.4 Å². The molecule has 1 saturated heterocycles. The Kier molecular flexibility index (Phi) is 6.27. The average Bonchev–Trinajstić information content (AvgIpc) is 3.23. The lowest BCUT2D eigenvalue weighted by molar-refractivity contribution is 0.0789. The van der Waals surface area contributed by atoms with Crippen molar-refractivity contribution >= 4 is 27.5 Å². The summed E-state index contributed by atoms with van der Waals surface area (Å²) in [5, 5.41) is 0.592. The number of rotatable bonds is 6. The van der Waals surface area contributed by atoms with E-state index in [2.05, 4.69) is 0 Å². The van der Waals surface area contributed by atoms with Crippen LogP contribution in [0.3, 0.4) is 0 Å². The molecule has 0 saturated carbocycles. The van der Waals surface area contributed by atoms with Gasteiger partial charge in [-0.2, -0.15) is 4.31 Å². The van der Waals surface area contributed by atoms with Crippen molar-refractivity contribution in [3.05, 3.63) is 58.6 Å². The molecule has 0 unspecified atom stereocenters. The zero-order valence-electron chi connectivity index (χ0n) is 15.9. The minimum atomic E-state index is -3.78. The van der Waals surface area contributed by atoms with Crippen LogP contribution in [0.2, 0.25) is 5.02 Å². The molecule has 1 aliphatic heterocycles. The van der Waals surface area contributed by atoms with Gasteiger partial charge in [0.15, 0.2) is 0 Å². The maximum atomic E-state index is 13.0. The van der Waals surface area contributed by atoms with Crippen LogP contribution in [-0.4, -0.2) is 50.8 Å². The number of benzene rings is 2. The highest BCUT2D eigenvalue weighted by Gasteiger charge is 2.27. The van der Waals surface area contributed by atoms with Gasteiger partial charge in [0.05, 0.1) is 17.6 Å². The molecule has 28 heavy (non-hydrogen) atoms. The molecule has 8 heteroatoms. The molecule has 3 rings (SSSR count). The lowest BCUT2D eigenvalue weighted by Crippen LogP contribution is -2.29. The zero-order valence-corrected chi connectivity index (χ0v) is 17.5. The molecule has 0 aliphatic carbocycles. The highest BCUT2D eigenvalue weighted by atomic mass is 35.5. The van der Waals surface area contributed by atoms with Crippen molar-refractivity contribution in [3.63, 3.8) is 0 Å². The van der Waals surface area contributed by atoms with E-state index in [-0.39, 0.29) is 22.9 Å². The second kappa shape index (κ2) is 8.51. The summed E-state index contributed by atoms with van der Waals surface area (Å²) in [6.45, 7) is 1.55. The first-order valence-electron chi connectivity index (χ1n) is 9.01. The predicted molar refractivity (Wildman–Crippen MR) is 108 cm³/mol. The van der Waals surface area contributed by atoms with Crippen molar-refractivity contribution < 1.29 is 17.9 Å². The number of carbonyl (C=O) groups excluding carboxylic acids is 1. The van der Waals surface area contributed by atoms with Crippen LogP contribution in [0, 0.1) is 0 Å². The van der Waals surface area contributed by atoms with Crippen LogP contribution in [0.5, 0.6) is 5.75 Å². The third-order valence-electron chi connectivity index (χ3n) is 4.82. The summed E-state index contributed by atoms with van der Waals surface area (Å²) in [6, 6.07) is 11.4. The second-order valence-corrected chi connectivity index (χ2v) is 9.23. The molecule has 6 nitrogen and oxygen atoms in total. The Morgan fingerprint density at radius 3 is 2.39 bits per heavy atom. The Hall–Kier alpha value is -2.09. The van der Waals surface area contributed by atoms with Gasteiger partial charge in [-0.1, -0.05) is 23.7 Å². The fourth-order valence-corrected chi connectivity index (χ4v) is 4.53. The lowest BCUT2D eigenvalue weighted by atomic mass is 10.1. The highest BCUT2D eigenvalue weighted by molar-refractivity contribution is 7.89. The molecule has 1 aliphatic rings. The number of ether oxygens (including phenoxy) is 1. The monoisotopic (exact) mass is 422 g/mol. The summed E-state index contributed by atoms with van der Waals surface area (Å²) in [6.07, 6.45) is 1.91. The van der Waals surface area contributed by atoms with Crippen LogP contribution in [-0.2, 0) is 16.6 Å². The molecule has 150 valence electrons. The van der Waals surface area contributed by atoms with Gasteiger partial charge in [-0.15, -0.1) is 0 Å². The average molecular weight is 423 g/mol. The van der Waals surface area contributed by atoms with Crippen LogP contribution in [0.4, 0.5) is 0 Å². The highest BCUT2D eigenvalue weighted by Crippen LogP contribution is 2.27. The number of halogens is 1. The Morgan fingerprint density at radius 2 is 1.79 bits per heavy atom. The molecule has 2 aromatic carbocycles. The number of likely N-dealkylation sites (tertiary alicyclic amines) is 1. The van der Waals surface area contributed by atoms with Gasteiger partial charge >= 0.3 is 0 Å². The number of hydrogen-bond acceptors (Lipinski definition) is 4. The first-order chi connectivity index (χ1) is 13.3. The zero-order chi connectivity index (χ0) is 20.3. The molecule has 1 heterocycles. The largest absolute Gasteiger partial charge is 0.496 e. The molecular weight excluding hydrogens is 400 g/mol. The van der Waals surface area contributed by atoms with E-state index < -0.39 is 10.0 Å². The van der Waals surface area contributed by atoms with E-state index in [9.17, 15) is 13.2 Å². The van der Waals surface area contributed by atoms with Gasteiger partial charge in [0.1, 0.15) is 5.75 Å². The maximum absolute atomic E-state index is 13.0. The van der Waals surface area contributed by atoms with Gasteiger partial charge in [-0.3, -0.25) is 4.79 Å². The molecule has 0 atom stereocenters. The SMILES string of the molecule is COc1ccc(S(=O)(=O)N(C)Cc2ccc(Cl)cc2)cc1C(=O)N1CCCC1. The van der Waals surface area contributed by atoms with E-state index in [0.29, 0.717) is 23.9 Å². The van der Waals surface area contributed by atoms with E-state index >= 15 is 0 Å². The van der Waals surface area contributed by atoms with Crippen molar-refractivity contribution in [2.45, 2.75) is 24.3 Å². The topological polar surface area (TPSA) is 66.9 Å². The van der Waals surface area contributed by atoms with Crippen LogP contribution in [0.15, 0.2) is 47.4 Å². The van der Waals surface area contributed by atoms with Crippen molar-refractivity contribution in [2.75, 3.05) is 27.2 Å². The number of sulfonamides is 1. The molecule has 1 fully saturated rings. The first-order valence-corrected chi connectivity index (χ1v) is 10.8. The smallest absolute Gasteiger partial charge is 0.257 e. The summed E-state index contributed by atoms with van der Waals surface area (Å²) >= 11 is 5.88. The van der Waals surface area contributed by atoms with Gasteiger partial charge in [0, 0.05) is 31.7 Å². The van der Waals surface area contributed by atoms with Gasteiger partial charge < -0.3 is 9.64 Å². The number of carbonyl (C=O) groups is 1. The van der Waals surface area contributed by atoms with E-state index in [1.54, 1.807) is 29.2 Å². The Morgan fingerprint density at radius 1 is 1.14 bits per heavy atom. The molecule has 1 amide bonds. The number of hydrogen-bond donors (Lipinski definition) is 0. The summed E-state index contributed by atoms with van der Waals surface area (Å²) in [5.74, 6) is 0.169. The maximum Gasteiger partial charge on any atom is 0.257 e. The van der Waals surface area contributed by atoms with Crippen molar-refractivity contribution in [1.82, 2.24) is 9.21 Å². The van der Waals surface area contributed by atoms with Gasteiger partial charge in [-0.25, -0.2) is 8.42 Å². The minimum absolute atomic E-state index is 0.0623. The Bertz CT molecular complexity index is 955. The summed E-state index contributed by atoms with van der Waals surface area (Å²) in [7, 11) is -0.799. The molecule has 0 spiro atoms. The third kappa shape index (κ3) is 4.32. The standard InChI is InChI=1S/C20H23ClN2O4S/c1-22(14-15-5-7-16(21)8-6-15)28(25,26)17-9-10-19(27-2)18(13-17)20(24)23-11-3-4-12-23/h5-10,13H,3-4,11-12,14H2,1-2H3. The van der Waals surface area contributed by atoms with E-state index in [1.165, 1.54) is 36.7 Å². The van der Waals surface area contributed by atoms with Crippen molar-refractivity contribution in [3.8, 4) is 5.75 Å². The fourth-order valence-electron chi connectivity index (χ4n) is 3.22. The third-order valence-corrected chi connectivity index (χ3v) is 6.87. The van der Waals surface area contributed by atoms with Crippen molar-refractivity contribution in [1.29, 1.82) is 0 Å². The van der Waals surface area contributed by atoms with Gasteiger partial charge in [-0.05, 0) is 48.7 Å². The summed E-state index contributed by atoms with van der Waals surface area (Å²) < 4.78 is 32.6. The molecule has 0 N–H and O–H groups in total. The van der Waals surface area contributed by atoms with Crippen LogP contribution >= 0.6 is 11.6 Å². The number of nitrogens with zero attached hydrogens (tertiary/aromatic N) is 2. The number of methoxy groups -OCH3 is 1. The van der Waals surface area contributed by atoms with E-state index in [1.807, 2.05) is 0 Å². The molecule has 0 aromatic heterocycles. The normalized spacial score (nSPS) is 14.5. The Labute approximate surface area is 170 Å². The van der Waals surface area contributed by atoms with Crippen LogP contribution in [0.1, 0.15) is 28.8 Å². The number of amides is 1. The fraction of sp³-hybridized carbons (Fsp3) is 0.350. The lowest BCUT2D eigenvalue weighted by Gasteiger charge is -2.20. The first kappa shape index (κ1) is 20.6. The molecular formula is C20H23ClN2O4S. The second-order valence-electron chi connectivity index (χ2n) is 6.75. The summed E-state index contributed by atoms with van der Waals surface area (Å²) in [5.41, 5.74) is 1.09. The molecule has 0 radical (unpaired) electrons. The molecule has 2 aromatic rings. The van der Waals surface area contributed by atoms with Crippen molar-refractivity contribution in [2.24, 2.45) is 0 Å². The minimum Gasteiger partial charge on any atom is -0.496 e. The quantitative estimate of drug-likeness (QED) is 0.715. The van der Waals surface area contributed by atoms with Gasteiger partial charge in [0.2, 0.25) is 10.0 Å². The van der Waals surface area contributed by atoms with Crippen LogP contribution < -0.4 is 4.74 Å². The predicted octanol–water partition coefficient (Wildman–Crippen LogP) is 3.41. The summed E-state index contributed by atoms with van der Waals surface area (Å²) in [4.78, 5) is 14.6. The molecule has 0 bridgehead atoms. The Balaban J connectivity index is 1.89.